The van der Waals surface area contributed by atoms with E-state index in [9.17, 15) is 9.59 Å². The van der Waals surface area contributed by atoms with Crippen molar-refractivity contribution in [1.29, 1.82) is 0 Å². The van der Waals surface area contributed by atoms with Gasteiger partial charge in [0, 0.05) is 16.3 Å². The smallest absolute Gasteiger partial charge is 0.247 e. The Morgan fingerprint density at radius 3 is 2.18 bits per heavy atom. The van der Waals surface area contributed by atoms with Crippen LogP contribution < -0.4 is 10.1 Å². The predicted molar refractivity (Wildman–Crippen MR) is 137 cm³/mol. The van der Waals surface area contributed by atoms with E-state index >= 15 is 0 Å². The lowest BCUT2D eigenvalue weighted by atomic mass is 10.0. The molecule has 2 aromatic heterocycles. The van der Waals surface area contributed by atoms with E-state index in [2.05, 4.69) is 5.32 Å². The quantitative estimate of drug-likeness (QED) is 0.322. The highest BCUT2D eigenvalue weighted by Gasteiger charge is 2.32. The third kappa shape index (κ3) is 6.12. The van der Waals surface area contributed by atoms with E-state index in [4.69, 9.17) is 4.74 Å². The predicted octanol–water partition coefficient (Wildman–Crippen LogP) is 5.45. The van der Waals surface area contributed by atoms with Gasteiger partial charge in [0.2, 0.25) is 11.8 Å². The highest BCUT2D eigenvalue weighted by atomic mass is 32.1. The van der Waals surface area contributed by atoms with Gasteiger partial charge in [-0.2, -0.15) is 0 Å². The van der Waals surface area contributed by atoms with Gasteiger partial charge in [-0.15, -0.1) is 22.7 Å². The van der Waals surface area contributed by atoms with Gasteiger partial charge in [0.25, 0.3) is 0 Å². The topological polar surface area (TPSA) is 58.6 Å². The first-order valence-corrected chi connectivity index (χ1v) is 12.7. The van der Waals surface area contributed by atoms with Crippen LogP contribution in [0.2, 0.25) is 0 Å². The van der Waals surface area contributed by atoms with Gasteiger partial charge in [0.05, 0.1) is 20.1 Å². The van der Waals surface area contributed by atoms with Gasteiger partial charge >= 0.3 is 0 Å². The van der Waals surface area contributed by atoms with Gasteiger partial charge in [-0.1, -0.05) is 54.6 Å². The summed E-state index contributed by atoms with van der Waals surface area (Å²) in [7, 11) is 1.60. The van der Waals surface area contributed by atoms with E-state index in [1.165, 1.54) is 0 Å². The fourth-order valence-corrected chi connectivity index (χ4v) is 5.10. The highest BCUT2D eigenvalue weighted by Crippen LogP contribution is 2.28. The Bertz CT molecular complexity index is 1170. The van der Waals surface area contributed by atoms with Crippen LogP contribution in [-0.4, -0.2) is 23.8 Å². The maximum atomic E-state index is 13.6. The van der Waals surface area contributed by atoms with Crippen LogP contribution >= 0.6 is 22.7 Å². The zero-order valence-electron chi connectivity index (χ0n) is 18.8. The van der Waals surface area contributed by atoms with Crippen molar-refractivity contribution in [3.8, 4) is 5.75 Å². The van der Waals surface area contributed by atoms with Gasteiger partial charge < -0.3 is 15.0 Å². The van der Waals surface area contributed by atoms with E-state index in [-0.39, 0.29) is 18.2 Å². The van der Waals surface area contributed by atoms with Crippen molar-refractivity contribution in [1.82, 2.24) is 10.2 Å². The summed E-state index contributed by atoms with van der Waals surface area (Å²) in [5, 5.41) is 6.98. The molecule has 0 saturated heterocycles. The van der Waals surface area contributed by atoms with Crippen molar-refractivity contribution in [2.24, 2.45) is 0 Å². The lowest BCUT2D eigenvalue weighted by Gasteiger charge is -2.31. The molecule has 0 saturated carbocycles. The summed E-state index contributed by atoms with van der Waals surface area (Å²) in [5.74, 6) is 0.388. The number of nitrogens with one attached hydrogen (secondary N) is 1. The average molecular weight is 491 g/mol. The fraction of sp³-hybridized carbons (Fsp3) is 0.185. The van der Waals surface area contributed by atoms with Crippen molar-refractivity contribution in [2.45, 2.75) is 25.6 Å². The molecule has 174 valence electrons. The van der Waals surface area contributed by atoms with Crippen molar-refractivity contribution in [3.05, 3.63) is 111 Å². The van der Waals surface area contributed by atoms with Crippen LogP contribution in [-0.2, 0) is 29.1 Å². The molecular formula is C27H26N2O3S2. The minimum Gasteiger partial charge on any atom is -0.497 e. The Labute approximate surface area is 207 Å². The maximum absolute atomic E-state index is 13.6. The first-order valence-electron chi connectivity index (χ1n) is 10.9. The Morgan fingerprint density at radius 2 is 1.56 bits per heavy atom. The number of methoxy groups -OCH3 is 1. The molecule has 2 aromatic carbocycles. The van der Waals surface area contributed by atoms with E-state index < -0.39 is 6.04 Å². The van der Waals surface area contributed by atoms with Crippen LogP contribution in [0.4, 0.5) is 0 Å². The lowest BCUT2D eigenvalue weighted by Crippen LogP contribution is -2.43. The molecule has 2 amide bonds. The van der Waals surface area contributed by atoms with Gasteiger partial charge in [-0.05, 0) is 46.2 Å². The maximum Gasteiger partial charge on any atom is 0.247 e. The number of thiophene rings is 2. The van der Waals surface area contributed by atoms with Crippen LogP contribution in [0.5, 0.6) is 5.75 Å². The average Bonchev–Trinajstić information content (AvgIpc) is 3.58. The molecule has 4 aromatic rings. The molecule has 0 unspecified atom stereocenters. The largest absolute Gasteiger partial charge is 0.497 e. The SMILES string of the molecule is COc1ccc([C@@H](C(=O)NCc2ccccc2)N(Cc2cccs2)C(=O)Cc2cccs2)cc1. The number of nitrogens with zero attached hydrogens (tertiary/aromatic N) is 1. The summed E-state index contributed by atoms with van der Waals surface area (Å²) in [5.41, 5.74) is 1.74. The standard InChI is InChI=1S/C27H26N2O3S2/c1-32-22-13-11-21(12-14-22)26(27(31)28-18-20-7-3-2-4-8-20)29(19-24-10-6-16-34-24)25(30)17-23-9-5-15-33-23/h2-16,26H,17-19H2,1H3,(H,28,31)/t26-/m0/s1. The van der Waals surface area contributed by atoms with Crippen molar-refractivity contribution in [3.63, 3.8) is 0 Å². The number of amides is 2. The minimum atomic E-state index is -0.774. The molecule has 0 bridgehead atoms. The molecular weight excluding hydrogens is 464 g/mol. The second-order valence-corrected chi connectivity index (χ2v) is 9.80. The van der Waals surface area contributed by atoms with Crippen LogP contribution in [0.3, 0.4) is 0 Å². The Kier molecular flexibility index (Phi) is 8.12. The molecule has 0 spiro atoms. The molecule has 5 nitrogen and oxygen atoms in total. The summed E-state index contributed by atoms with van der Waals surface area (Å²) < 4.78 is 5.30. The summed E-state index contributed by atoms with van der Waals surface area (Å²) in [4.78, 5) is 30.9. The molecule has 34 heavy (non-hydrogen) atoms. The van der Waals surface area contributed by atoms with Gasteiger partial charge in [-0.25, -0.2) is 0 Å². The number of rotatable bonds is 10. The highest BCUT2D eigenvalue weighted by molar-refractivity contribution is 7.10. The summed E-state index contributed by atoms with van der Waals surface area (Å²) >= 11 is 3.12. The molecule has 0 radical (unpaired) electrons. The van der Waals surface area contributed by atoms with Gasteiger partial charge in [0.15, 0.2) is 0 Å². The van der Waals surface area contributed by atoms with Crippen LogP contribution in [0, 0.1) is 0 Å². The molecule has 1 atom stereocenters. The van der Waals surface area contributed by atoms with Gasteiger partial charge in [0.1, 0.15) is 11.8 Å². The van der Waals surface area contributed by atoms with Crippen LogP contribution in [0.1, 0.15) is 26.9 Å². The lowest BCUT2D eigenvalue weighted by molar-refractivity contribution is -0.141. The van der Waals surface area contributed by atoms with Crippen LogP contribution in [0.25, 0.3) is 0 Å². The molecule has 7 heteroatoms. The Morgan fingerprint density at radius 1 is 0.882 bits per heavy atom. The molecule has 2 heterocycles. The van der Waals surface area contributed by atoms with Crippen LogP contribution in [0.15, 0.2) is 89.6 Å². The van der Waals surface area contributed by atoms with E-state index in [1.54, 1.807) is 34.7 Å². The molecule has 0 aliphatic carbocycles. The number of hydrogen-bond acceptors (Lipinski definition) is 5. The zero-order valence-corrected chi connectivity index (χ0v) is 20.5. The number of hydrogen-bond donors (Lipinski definition) is 1. The number of carbonyl (C=O) groups is 2. The van der Waals surface area contributed by atoms with Gasteiger partial charge in [-0.3, -0.25) is 9.59 Å². The van der Waals surface area contributed by atoms with Crippen molar-refractivity contribution >= 4 is 34.5 Å². The van der Waals surface area contributed by atoms with E-state index in [1.807, 2.05) is 89.6 Å². The summed E-state index contributed by atoms with van der Waals surface area (Å²) in [6.45, 7) is 0.746. The molecule has 0 aliphatic rings. The summed E-state index contributed by atoms with van der Waals surface area (Å²) in [6.07, 6.45) is 0.252. The fourth-order valence-electron chi connectivity index (χ4n) is 3.70. The number of benzene rings is 2. The molecule has 0 fully saturated rings. The molecule has 4 rings (SSSR count). The zero-order chi connectivity index (χ0) is 23.8. The monoisotopic (exact) mass is 490 g/mol. The first kappa shape index (κ1) is 23.7. The van der Waals surface area contributed by atoms with E-state index in [0.717, 1.165) is 20.9 Å². The number of ether oxygens (including phenoxy) is 1. The number of carbonyl (C=O) groups excluding carboxylic acids is 2. The minimum absolute atomic E-state index is 0.0912. The molecule has 1 N–H and O–H groups in total. The summed E-state index contributed by atoms with van der Waals surface area (Å²) in [6, 6.07) is 24.2. The Balaban J connectivity index is 1.66. The first-order chi connectivity index (χ1) is 16.6. The second-order valence-electron chi connectivity index (χ2n) is 7.74. The Hall–Kier alpha value is -3.42. The normalized spacial score (nSPS) is 11.6. The third-order valence-corrected chi connectivity index (χ3v) is 7.17. The van der Waals surface area contributed by atoms with Crippen molar-refractivity contribution in [2.75, 3.05) is 7.11 Å². The van der Waals surface area contributed by atoms with Crippen molar-refractivity contribution < 1.29 is 14.3 Å². The molecule has 0 aliphatic heterocycles. The van der Waals surface area contributed by atoms with E-state index in [0.29, 0.717) is 18.8 Å². The third-order valence-electron chi connectivity index (χ3n) is 5.43. The second kappa shape index (κ2) is 11.6.